The molecule has 162 valence electrons. The number of hydrogen-bond donors (Lipinski definition) is 1. The number of allylic oxidation sites excluding steroid dienone is 2. The summed E-state index contributed by atoms with van der Waals surface area (Å²) in [6.45, 7) is 0. The summed E-state index contributed by atoms with van der Waals surface area (Å²) in [6.07, 6.45) is 16.3. The van der Waals surface area contributed by atoms with E-state index in [1.165, 1.54) is 6.42 Å². The van der Waals surface area contributed by atoms with Gasteiger partial charge in [0.1, 0.15) is 30.0 Å². The molecule has 2 aliphatic rings. The third-order valence-corrected chi connectivity index (χ3v) is 5.11. The van der Waals surface area contributed by atoms with Crippen molar-refractivity contribution in [2.45, 2.75) is 50.7 Å². The van der Waals surface area contributed by atoms with E-state index in [1.54, 1.807) is 36.4 Å². The van der Waals surface area contributed by atoms with Crippen LogP contribution in [0.3, 0.4) is 0 Å². The Morgan fingerprint density at radius 2 is 1.29 bits per heavy atom. The van der Waals surface area contributed by atoms with Gasteiger partial charge in [-0.15, -0.1) is 0 Å². The van der Waals surface area contributed by atoms with Crippen molar-refractivity contribution in [3.8, 4) is 11.5 Å². The monoisotopic (exact) mass is 420 g/mol. The highest BCUT2D eigenvalue weighted by Crippen LogP contribution is 2.20. The predicted molar refractivity (Wildman–Crippen MR) is 120 cm³/mol. The number of hydrogen-bond acceptors (Lipinski definition) is 4. The van der Waals surface area contributed by atoms with Crippen LogP contribution in [0.4, 0.5) is 0 Å². The molecule has 0 fully saturated rings. The molecule has 1 N–H and O–H groups in total. The lowest BCUT2D eigenvalue weighted by Crippen LogP contribution is -2.15. The lowest BCUT2D eigenvalue weighted by molar-refractivity contribution is 0.0696. The van der Waals surface area contributed by atoms with Crippen molar-refractivity contribution in [2.24, 2.45) is 0 Å². The first kappa shape index (κ1) is 22.3. The SMILES string of the molecule is O=C(O)c1ccc(OC2C=CCCC2)cc1.O=Cc1ccc(OC2C=CCCC2)cc1. The minimum atomic E-state index is -0.913. The molecule has 0 amide bonds. The Morgan fingerprint density at radius 3 is 1.68 bits per heavy atom. The van der Waals surface area contributed by atoms with Gasteiger partial charge in [0, 0.05) is 5.56 Å². The maximum atomic E-state index is 10.7. The van der Waals surface area contributed by atoms with Crippen molar-refractivity contribution in [3.05, 3.63) is 84.0 Å². The number of ether oxygens (including phenoxy) is 2. The highest BCUT2D eigenvalue weighted by atomic mass is 16.5. The first-order chi connectivity index (χ1) is 15.1. The number of carboxylic acid groups (broad SMARTS) is 1. The second-order valence-corrected chi connectivity index (χ2v) is 7.55. The molecule has 0 heterocycles. The van der Waals surface area contributed by atoms with Crippen molar-refractivity contribution in [1.82, 2.24) is 0 Å². The molecule has 2 aromatic rings. The van der Waals surface area contributed by atoms with E-state index in [0.717, 1.165) is 49.9 Å². The molecular weight excluding hydrogens is 392 g/mol. The summed E-state index contributed by atoms with van der Waals surface area (Å²) < 4.78 is 11.5. The first-order valence-electron chi connectivity index (χ1n) is 10.7. The molecule has 2 unspecified atom stereocenters. The molecule has 0 spiro atoms. The quantitative estimate of drug-likeness (QED) is 0.468. The number of carboxylic acids is 1. The molecule has 4 rings (SSSR count). The Bertz CT molecular complexity index is 896. The van der Waals surface area contributed by atoms with Crippen LogP contribution in [0.2, 0.25) is 0 Å². The normalized spacial score (nSPS) is 19.6. The lowest BCUT2D eigenvalue weighted by Gasteiger charge is -2.18. The molecule has 0 aromatic heterocycles. The van der Waals surface area contributed by atoms with Crippen LogP contribution in [0.25, 0.3) is 0 Å². The maximum Gasteiger partial charge on any atom is 0.335 e. The molecule has 2 aliphatic carbocycles. The Balaban J connectivity index is 0.000000176. The Kier molecular flexibility index (Phi) is 8.47. The van der Waals surface area contributed by atoms with Gasteiger partial charge in [0.05, 0.1) is 5.56 Å². The van der Waals surface area contributed by atoms with Gasteiger partial charge in [-0.25, -0.2) is 4.79 Å². The van der Waals surface area contributed by atoms with Gasteiger partial charge in [0.25, 0.3) is 0 Å². The van der Waals surface area contributed by atoms with Crippen LogP contribution >= 0.6 is 0 Å². The van der Waals surface area contributed by atoms with Crippen LogP contribution in [0.1, 0.15) is 59.2 Å². The summed E-state index contributed by atoms with van der Waals surface area (Å²) in [6, 6.07) is 13.7. The molecule has 2 atom stereocenters. The molecule has 0 bridgehead atoms. The summed E-state index contributed by atoms with van der Waals surface area (Å²) in [5.74, 6) is 0.641. The van der Waals surface area contributed by atoms with Gasteiger partial charge in [-0.2, -0.15) is 0 Å². The predicted octanol–water partition coefficient (Wildman–Crippen LogP) is 5.86. The minimum Gasteiger partial charge on any atom is -0.486 e. The standard InChI is InChI=1S/C13H14O3.C13H14O2/c14-13(15)10-6-8-12(9-7-10)16-11-4-2-1-3-5-11;14-10-11-6-8-13(9-7-11)15-12-4-2-1-3-5-12/h2,4,6-9,11H,1,3,5H2,(H,14,15);2,4,6-10,12H,1,3,5H2. The third kappa shape index (κ3) is 7.45. The number of benzene rings is 2. The summed E-state index contributed by atoms with van der Waals surface area (Å²) in [5, 5.41) is 8.75. The highest BCUT2D eigenvalue weighted by molar-refractivity contribution is 5.87. The van der Waals surface area contributed by atoms with Crippen molar-refractivity contribution in [2.75, 3.05) is 0 Å². The molecule has 0 aliphatic heterocycles. The van der Waals surface area contributed by atoms with Gasteiger partial charge >= 0.3 is 5.97 Å². The molecule has 0 radical (unpaired) electrons. The van der Waals surface area contributed by atoms with E-state index in [4.69, 9.17) is 14.6 Å². The van der Waals surface area contributed by atoms with Crippen molar-refractivity contribution in [3.63, 3.8) is 0 Å². The molecule has 2 aromatic carbocycles. The molecule has 5 nitrogen and oxygen atoms in total. The fraction of sp³-hybridized carbons (Fsp3) is 0.308. The topological polar surface area (TPSA) is 72.8 Å². The van der Waals surface area contributed by atoms with E-state index in [2.05, 4.69) is 24.3 Å². The first-order valence-corrected chi connectivity index (χ1v) is 10.7. The molecule has 5 heteroatoms. The smallest absolute Gasteiger partial charge is 0.335 e. The minimum absolute atomic E-state index is 0.129. The molecule has 31 heavy (non-hydrogen) atoms. The number of aromatic carboxylic acids is 1. The van der Waals surface area contributed by atoms with Gasteiger partial charge < -0.3 is 14.6 Å². The lowest BCUT2D eigenvalue weighted by atomic mass is 10.1. The molecule has 0 saturated carbocycles. The summed E-state index contributed by atoms with van der Waals surface area (Å²) >= 11 is 0. The van der Waals surface area contributed by atoms with E-state index in [9.17, 15) is 9.59 Å². The maximum absolute atomic E-state index is 10.7. The van der Waals surface area contributed by atoms with E-state index >= 15 is 0 Å². The number of rotatable bonds is 6. The second kappa shape index (κ2) is 11.7. The Morgan fingerprint density at radius 1 is 0.806 bits per heavy atom. The number of carbonyl (C=O) groups excluding carboxylic acids is 1. The summed E-state index contributed by atoms with van der Waals surface area (Å²) in [5.41, 5.74) is 0.966. The van der Waals surface area contributed by atoms with E-state index in [0.29, 0.717) is 5.56 Å². The van der Waals surface area contributed by atoms with Crippen LogP contribution in [-0.2, 0) is 0 Å². The number of carbonyl (C=O) groups is 2. The van der Waals surface area contributed by atoms with Gasteiger partial charge in [-0.05, 0) is 99.2 Å². The largest absolute Gasteiger partial charge is 0.486 e. The summed E-state index contributed by atoms with van der Waals surface area (Å²) in [7, 11) is 0. The van der Waals surface area contributed by atoms with Crippen molar-refractivity contribution >= 4 is 12.3 Å². The van der Waals surface area contributed by atoms with Gasteiger partial charge in [0.2, 0.25) is 0 Å². The zero-order valence-electron chi connectivity index (χ0n) is 17.5. The molecule has 0 saturated heterocycles. The average Bonchev–Trinajstić information content (AvgIpc) is 2.82. The average molecular weight is 421 g/mol. The van der Waals surface area contributed by atoms with Gasteiger partial charge in [-0.1, -0.05) is 12.2 Å². The van der Waals surface area contributed by atoms with Crippen LogP contribution < -0.4 is 9.47 Å². The van der Waals surface area contributed by atoms with Crippen LogP contribution in [0.15, 0.2) is 72.8 Å². The van der Waals surface area contributed by atoms with Crippen LogP contribution in [0, 0.1) is 0 Å². The van der Waals surface area contributed by atoms with E-state index in [1.807, 2.05) is 12.1 Å². The molecular formula is C26H28O5. The van der Waals surface area contributed by atoms with E-state index < -0.39 is 5.97 Å². The fourth-order valence-electron chi connectivity index (χ4n) is 3.41. The van der Waals surface area contributed by atoms with Crippen LogP contribution in [0.5, 0.6) is 11.5 Å². The fourth-order valence-corrected chi connectivity index (χ4v) is 3.41. The van der Waals surface area contributed by atoms with Crippen LogP contribution in [-0.4, -0.2) is 29.6 Å². The van der Waals surface area contributed by atoms with Crippen molar-refractivity contribution in [1.29, 1.82) is 0 Å². The van der Waals surface area contributed by atoms with Gasteiger partial charge in [0.15, 0.2) is 0 Å². The highest BCUT2D eigenvalue weighted by Gasteiger charge is 2.11. The van der Waals surface area contributed by atoms with Gasteiger partial charge in [-0.3, -0.25) is 4.79 Å². The summed E-state index contributed by atoms with van der Waals surface area (Å²) in [4.78, 5) is 21.1. The Labute approximate surface area is 183 Å². The Hall–Kier alpha value is -3.34. The zero-order valence-corrected chi connectivity index (χ0v) is 17.5. The second-order valence-electron chi connectivity index (χ2n) is 7.55. The van der Waals surface area contributed by atoms with E-state index in [-0.39, 0.29) is 17.8 Å². The third-order valence-electron chi connectivity index (χ3n) is 5.11. The van der Waals surface area contributed by atoms with Crippen molar-refractivity contribution < 1.29 is 24.2 Å². The zero-order chi connectivity index (χ0) is 21.9. The number of aldehydes is 1.